The molecule has 0 bridgehead atoms. The Labute approximate surface area is 110 Å². The van der Waals surface area contributed by atoms with E-state index in [-0.39, 0.29) is 11.9 Å². The maximum atomic E-state index is 13.9. The number of halogens is 1. The van der Waals surface area contributed by atoms with Gasteiger partial charge in [-0.15, -0.1) is 0 Å². The van der Waals surface area contributed by atoms with Gasteiger partial charge in [0.05, 0.1) is 0 Å². The first kappa shape index (κ1) is 15.0. The lowest BCUT2D eigenvalue weighted by Crippen LogP contribution is -2.30. The summed E-state index contributed by atoms with van der Waals surface area (Å²) in [6.45, 7) is 10.1. The average molecular weight is 252 g/mol. The molecule has 0 saturated heterocycles. The van der Waals surface area contributed by atoms with Gasteiger partial charge in [0.15, 0.2) is 0 Å². The van der Waals surface area contributed by atoms with Crippen molar-refractivity contribution in [2.24, 2.45) is 11.7 Å². The molecule has 2 N–H and O–H groups in total. The van der Waals surface area contributed by atoms with E-state index in [0.29, 0.717) is 11.5 Å². The summed E-state index contributed by atoms with van der Waals surface area (Å²) in [5.74, 6) is 0.388. The molecular weight excluding hydrogens is 227 g/mol. The van der Waals surface area contributed by atoms with Crippen LogP contribution in [0.25, 0.3) is 0 Å². The third kappa shape index (κ3) is 3.45. The number of nitrogens with zero attached hydrogens (tertiary/aromatic N) is 1. The summed E-state index contributed by atoms with van der Waals surface area (Å²) in [7, 11) is 0. The maximum Gasteiger partial charge on any atom is 0.130 e. The summed E-state index contributed by atoms with van der Waals surface area (Å²) in [5, 5.41) is 0. The molecule has 0 fully saturated rings. The zero-order chi connectivity index (χ0) is 13.7. The normalized spacial score (nSPS) is 14.3. The molecule has 18 heavy (non-hydrogen) atoms. The number of benzene rings is 1. The molecule has 0 radical (unpaired) electrons. The molecule has 102 valence electrons. The van der Waals surface area contributed by atoms with Gasteiger partial charge in [0.25, 0.3) is 0 Å². The van der Waals surface area contributed by atoms with E-state index in [1.54, 1.807) is 6.07 Å². The molecule has 0 amide bonds. The van der Waals surface area contributed by atoms with E-state index < -0.39 is 0 Å². The fourth-order valence-electron chi connectivity index (χ4n) is 2.16. The van der Waals surface area contributed by atoms with Crippen LogP contribution in [0.3, 0.4) is 0 Å². The molecule has 2 nitrogen and oxygen atoms in total. The molecule has 0 aliphatic rings. The maximum absolute atomic E-state index is 13.9. The van der Waals surface area contributed by atoms with Gasteiger partial charge in [-0.2, -0.15) is 0 Å². The lowest BCUT2D eigenvalue weighted by molar-refractivity contribution is 0.542. The first-order valence-corrected chi connectivity index (χ1v) is 6.80. The lowest BCUT2D eigenvalue weighted by atomic mass is 10.0. The summed E-state index contributed by atoms with van der Waals surface area (Å²) in [6, 6.07) is 4.93. The van der Waals surface area contributed by atoms with Crippen molar-refractivity contribution in [1.29, 1.82) is 0 Å². The van der Waals surface area contributed by atoms with Gasteiger partial charge in [0.2, 0.25) is 0 Å². The molecule has 2 atom stereocenters. The topological polar surface area (TPSA) is 29.3 Å². The van der Waals surface area contributed by atoms with Gasteiger partial charge in [-0.1, -0.05) is 26.3 Å². The van der Waals surface area contributed by atoms with Crippen molar-refractivity contribution in [1.82, 2.24) is 0 Å². The van der Waals surface area contributed by atoms with E-state index in [4.69, 9.17) is 5.73 Å². The van der Waals surface area contributed by atoms with Gasteiger partial charge in [0.1, 0.15) is 5.82 Å². The van der Waals surface area contributed by atoms with Crippen LogP contribution in [-0.4, -0.2) is 13.1 Å². The van der Waals surface area contributed by atoms with Crippen molar-refractivity contribution < 1.29 is 4.39 Å². The Balaban J connectivity index is 3.09. The minimum atomic E-state index is -0.285. The summed E-state index contributed by atoms with van der Waals surface area (Å²) >= 11 is 0. The zero-order valence-corrected chi connectivity index (χ0v) is 11.9. The molecule has 1 unspecified atom stereocenters. The van der Waals surface area contributed by atoms with Crippen molar-refractivity contribution in [3.05, 3.63) is 29.6 Å². The Hall–Kier alpha value is -1.09. The Bertz CT molecular complexity index is 377. The second kappa shape index (κ2) is 6.74. The second-order valence-corrected chi connectivity index (χ2v) is 5.01. The molecule has 0 heterocycles. The lowest BCUT2D eigenvalue weighted by Gasteiger charge is -2.29. The summed E-state index contributed by atoms with van der Waals surface area (Å²) in [6.07, 6.45) is 1.12. The largest absolute Gasteiger partial charge is 0.371 e. The minimum Gasteiger partial charge on any atom is -0.371 e. The van der Waals surface area contributed by atoms with Crippen LogP contribution in [0.2, 0.25) is 0 Å². The van der Waals surface area contributed by atoms with Crippen molar-refractivity contribution in [3.63, 3.8) is 0 Å². The molecule has 1 aromatic rings. The zero-order valence-electron chi connectivity index (χ0n) is 11.9. The third-order valence-corrected chi connectivity index (χ3v) is 3.44. The van der Waals surface area contributed by atoms with Gasteiger partial charge >= 0.3 is 0 Å². The predicted molar refractivity (Wildman–Crippen MR) is 76.3 cm³/mol. The Morgan fingerprint density at radius 3 is 2.44 bits per heavy atom. The van der Waals surface area contributed by atoms with Crippen molar-refractivity contribution in [2.45, 2.75) is 40.2 Å². The van der Waals surface area contributed by atoms with Gasteiger partial charge in [-0.25, -0.2) is 4.39 Å². The van der Waals surface area contributed by atoms with Crippen LogP contribution in [0, 0.1) is 11.7 Å². The van der Waals surface area contributed by atoms with Crippen LogP contribution in [0.15, 0.2) is 18.2 Å². The monoisotopic (exact) mass is 252 g/mol. The highest BCUT2D eigenvalue weighted by atomic mass is 19.1. The van der Waals surface area contributed by atoms with Gasteiger partial charge in [-0.05, 0) is 31.9 Å². The Morgan fingerprint density at radius 1 is 1.28 bits per heavy atom. The summed E-state index contributed by atoms with van der Waals surface area (Å²) < 4.78 is 13.9. The van der Waals surface area contributed by atoms with Crippen molar-refractivity contribution >= 4 is 5.69 Å². The SMILES string of the molecule is CCC(C)CN(CC)c1cccc(F)c1[C@H](C)N. The number of nitrogens with two attached hydrogens (primary N) is 1. The highest BCUT2D eigenvalue weighted by molar-refractivity contribution is 5.55. The second-order valence-electron chi connectivity index (χ2n) is 5.01. The van der Waals surface area contributed by atoms with E-state index in [2.05, 4.69) is 25.7 Å². The number of hydrogen-bond acceptors (Lipinski definition) is 2. The van der Waals surface area contributed by atoms with Crippen LogP contribution in [0.4, 0.5) is 10.1 Å². The average Bonchev–Trinajstić information content (AvgIpc) is 2.34. The molecule has 1 rings (SSSR count). The highest BCUT2D eigenvalue weighted by Gasteiger charge is 2.17. The number of rotatable bonds is 6. The Kier molecular flexibility index (Phi) is 5.60. The standard InChI is InChI=1S/C15H25FN2/c1-5-11(3)10-18(6-2)14-9-7-8-13(16)15(14)12(4)17/h7-9,11-12H,5-6,10,17H2,1-4H3/t11?,12-/m0/s1. The molecule has 0 aliphatic heterocycles. The Morgan fingerprint density at radius 2 is 1.94 bits per heavy atom. The van der Waals surface area contributed by atoms with Gasteiger partial charge < -0.3 is 10.6 Å². The fraction of sp³-hybridized carbons (Fsp3) is 0.600. The minimum absolute atomic E-state index is 0.204. The van der Waals surface area contributed by atoms with Crippen molar-refractivity contribution in [2.75, 3.05) is 18.0 Å². The summed E-state index contributed by atoms with van der Waals surface area (Å²) in [5.41, 5.74) is 7.47. The molecule has 0 saturated carbocycles. The molecule has 0 spiro atoms. The molecule has 1 aromatic carbocycles. The molecule has 0 aliphatic carbocycles. The third-order valence-electron chi connectivity index (χ3n) is 3.44. The predicted octanol–water partition coefficient (Wildman–Crippen LogP) is 3.72. The van der Waals surface area contributed by atoms with Crippen LogP contribution >= 0.6 is 0 Å². The summed E-state index contributed by atoms with van der Waals surface area (Å²) in [4.78, 5) is 2.22. The van der Waals surface area contributed by atoms with E-state index in [1.165, 1.54) is 6.07 Å². The molecule has 3 heteroatoms. The van der Waals surface area contributed by atoms with E-state index in [9.17, 15) is 4.39 Å². The first-order chi connectivity index (χ1) is 8.51. The molecular formula is C15H25FN2. The first-order valence-electron chi connectivity index (χ1n) is 6.80. The van der Waals surface area contributed by atoms with Gasteiger partial charge in [0, 0.05) is 30.4 Å². The van der Waals surface area contributed by atoms with E-state index >= 15 is 0 Å². The number of hydrogen-bond donors (Lipinski definition) is 1. The van der Waals surface area contributed by atoms with Gasteiger partial charge in [-0.3, -0.25) is 0 Å². The smallest absolute Gasteiger partial charge is 0.130 e. The van der Waals surface area contributed by atoms with Crippen LogP contribution in [0.5, 0.6) is 0 Å². The fourth-order valence-corrected chi connectivity index (χ4v) is 2.16. The van der Waals surface area contributed by atoms with Crippen LogP contribution < -0.4 is 10.6 Å². The van der Waals surface area contributed by atoms with Crippen molar-refractivity contribution in [3.8, 4) is 0 Å². The van der Waals surface area contributed by atoms with Crippen LogP contribution in [-0.2, 0) is 0 Å². The highest BCUT2D eigenvalue weighted by Crippen LogP contribution is 2.28. The van der Waals surface area contributed by atoms with E-state index in [0.717, 1.165) is 25.2 Å². The quantitative estimate of drug-likeness (QED) is 0.836. The number of anilines is 1. The van der Waals surface area contributed by atoms with Crippen LogP contribution in [0.1, 0.15) is 45.7 Å². The molecule has 0 aromatic heterocycles. The van der Waals surface area contributed by atoms with E-state index in [1.807, 2.05) is 13.0 Å².